The van der Waals surface area contributed by atoms with Gasteiger partial charge in [-0.3, -0.25) is 19.7 Å². The number of amides is 2. The molecule has 0 bridgehead atoms. The van der Waals surface area contributed by atoms with Crippen molar-refractivity contribution in [3.63, 3.8) is 0 Å². The SMILES string of the molecule is CCOC(=O)[C@H](CCc1ccccc1)N[C@@H](C)C(=O)N1C(C(=O)OCc2ccccc2)CC2CC(NC(=O)c3ccc(Cl)c(S(N)(=O)=O)c3)CCC21. The smallest absolute Gasteiger partial charge is 0.329 e. The van der Waals surface area contributed by atoms with Gasteiger partial charge in [-0.25, -0.2) is 18.4 Å². The maximum Gasteiger partial charge on any atom is 0.329 e. The van der Waals surface area contributed by atoms with Gasteiger partial charge in [-0.2, -0.15) is 0 Å². The van der Waals surface area contributed by atoms with Crippen molar-refractivity contribution in [3.8, 4) is 0 Å². The van der Waals surface area contributed by atoms with E-state index >= 15 is 0 Å². The summed E-state index contributed by atoms with van der Waals surface area (Å²) < 4.78 is 35.0. The molecule has 0 radical (unpaired) electrons. The van der Waals surface area contributed by atoms with Gasteiger partial charge in [0.25, 0.3) is 5.91 Å². The van der Waals surface area contributed by atoms with E-state index in [2.05, 4.69) is 10.6 Å². The van der Waals surface area contributed by atoms with Crippen molar-refractivity contribution in [2.45, 2.75) is 94.1 Å². The number of primary sulfonamides is 1. The fraction of sp³-hybridized carbons (Fsp3) is 0.421. The Morgan fingerprint density at radius 3 is 2.27 bits per heavy atom. The molecule has 1 saturated heterocycles. The van der Waals surface area contributed by atoms with Crippen molar-refractivity contribution < 1.29 is 37.1 Å². The molecule has 3 aromatic rings. The minimum absolute atomic E-state index is 0.0477. The Morgan fingerprint density at radius 2 is 1.62 bits per heavy atom. The van der Waals surface area contributed by atoms with Gasteiger partial charge < -0.3 is 19.7 Å². The number of carbonyl (C=O) groups excluding carboxylic acids is 4. The number of esters is 2. The average molecular weight is 753 g/mol. The third-order valence-corrected chi connectivity index (χ3v) is 11.1. The topological polar surface area (TPSA) is 174 Å². The minimum atomic E-state index is -4.15. The lowest BCUT2D eigenvalue weighted by molar-refractivity contribution is -0.157. The van der Waals surface area contributed by atoms with Crippen molar-refractivity contribution >= 4 is 45.4 Å². The zero-order chi connectivity index (χ0) is 37.4. The van der Waals surface area contributed by atoms with Crippen LogP contribution >= 0.6 is 11.6 Å². The molecule has 1 heterocycles. The van der Waals surface area contributed by atoms with Crippen LogP contribution in [-0.4, -0.2) is 73.9 Å². The molecule has 1 saturated carbocycles. The number of halogens is 1. The lowest BCUT2D eigenvalue weighted by Crippen LogP contribution is -2.56. The van der Waals surface area contributed by atoms with E-state index < -0.39 is 46.0 Å². The number of fused-ring (bicyclic) bond motifs is 1. The molecule has 2 fully saturated rings. The number of nitrogens with two attached hydrogens (primary N) is 1. The Balaban J connectivity index is 1.32. The molecule has 4 unspecified atom stereocenters. The van der Waals surface area contributed by atoms with Crippen LogP contribution in [0, 0.1) is 5.92 Å². The van der Waals surface area contributed by atoms with Gasteiger partial charge in [0.2, 0.25) is 15.9 Å². The minimum Gasteiger partial charge on any atom is -0.465 e. The van der Waals surface area contributed by atoms with E-state index in [0.717, 1.165) is 17.2 Å². The molecule has 14 heteroatoms. The fourth-order valence-corrected chi connectivity index (χ4v) is 8.25. The molecule has 0 aromatic heterocycles. The second-order valence-electron chi connectivity index (χ2n) is 13.3. The molecular weight excluding hydrogens is 708 g/mol. The van der Waals surface area contributed by atoms with Gasteiger partial charge in [0, 0.05) is 17.6 Å². The van der Waals surface area contributed by atoms with E-state index in [1.165, 1.54) is 12.1 Å². The lowest BCUT2D eigenvalue weighted by Gasteiger charge is -2.38. The number of nitrogens with zero attached hydrogens (tertiary/aromatic N) is 1. The quantitative estimate of drug-likeness (QED) is 0.205. The van der Waals surface area contributed by atoms with Crippen molar-refractivity contribution in [3.05, 3.63) is 101 Å². The van der Waals surface area contributed by atoms with E-state index in [1.807, 2.05) is 60.7 Å². The number of rotatable bonds is 14. The van der Waals surface area contributed by atoms with Crippen LogP contribution in [0.3, 0.4) is 0 Å². The molecule has 2 amide bonds. The van der Waals surface area contributed by atoms with Gasteiger partial charge in [0.15, 0.2) is 0 Å². The summed E-state index contributed by atoms with van der Waals surface area (Å²) in [5.41, 5.74) is 1.95. The van der Waals surface area contributed by atoms with E-state index in [4.69, 9.17) is 26.2 Å². The summed E-state index contributed by atoms with van der Waals surface area (Å²) in [5.74, 6) is -1.95. The van der Waals surface area contributed by atoms with Crippen LogP contribution in [0.25, 0.3) is 0 Å². The van der Waals surface area contributed by atoms with Crippen molar-refractivity contribution in [1.82, 2.24) is 15.5 Å². The Kier molecular flexibility index (Phi) is 13.1. The predicted molar refractivity (Wildman–Crippen MR) is 194 cm³/mol. The van der Waals surface area contributed by atoms with Crippen molar-refractivity contribution in [1.29, 1.82) is 0 Å². The number of aryl methyl sites for hydroxylation is 1. The summed E-state index contributed by atoms with van der Waals surface area (Å²) in [6, 6.07) is 19.8. The van der Waals surface area contributed by atoms with Gasteiger partial charge in [0.1, 0.15) is 23.6 Å². The van der Waals surface area contributed by atoms with E-state index in [-0.39, 0.29) is 52.6 Å². The number of ether oxygens (including phenoxy) is 2. The number of sulfonamides is 1. The summed E-state index contributed by atoms with van der Waals surface area (Å²) in [6.07, 6.45) is 2.80. The Hall–Kier alpha value is -4.30. The van der Waals surface area contributed by atoms with Crippen LogP contribution < -0.4 is 15.8 Å². The molecule has 5 rings (SSSR count). The second kappa shape index (κ2) is 17.5. The van der Waals surface area contributed by atoms with Crippen molar-refractivity contribution in [2.75, 3.05) is 6.61 Å². The maximum atomic E-state index is 14.3. The third kappa shape index (κ3) is 9.77. The molecule has 12 nitrogen and oxygen atoms in total. The number of nitrogens with one attached hydrogen (secondary N) is 2. The number of carbonyl (C=O) groups is 4. The number of hydrogen-bond acceptors (Lipinski definition) is 9. The number of likely N-dealkylation sites (tertiary alicyclic amines) is 1. The predicted octanol–water partition coefficient (Wildman–Crippen LogP) is 4.14. The highest BCUT2D eigenvalue weighted by atomic mass is 35.5. The van der Waals surface area contributed by atoms with E-state index in [9.17, 15) is 27.6 Å². The summed E-state index contributed by atoms with van der Waals surface area (Å²) in [7, 11) is -4.15. The summed E-state index contributed by atoms with van der Waals surface area (Å²) in [5, 5.41) is 11.4. The Morgan fingerprint density at radius 1 is 0.942 bits per heavy atom. The first-order valence-corrected chi connectivity index (χ1v) is 19.4. The molecule has 3 aromatic carbocycles. The van der Waals surface area contributed by atoms with Crippen LogP contribution in [-0.2, 0) is 46.9 Å². The standard InChI is InChI=1S/C38H45ClN4O8S/c1-3-50-37(46)31(18-14-25-10-6-4-7-11-25)41-24(2)36(45)43-32-19-16-29(42-35(44)27-15-17-30(39)34(22-27)52(40,48)49)20-28(32)21-33(43)38(47)51-23-26-12-8-5-9-13-26/h4-13,15,17,22,24,28-29,31-33,41H,3,14,16,18-21,23H2,1-2H3,(H,42,44)(H2,40,48,49)/t24-,28?,29?,31-,32?,33?/m0/s1. The third-order valence-electron chi connectivity index (χ3n) is 9.70. The molecule has 0 spiro atoms. The van der Waals surface area contributed by atoms with Gasteiger partial charge in [0.05, 0.1) is 17.7 Å². The van der Waals surface area contributed by atoms with E-state index in [1.54, 1.807) is 18.7 Å². The van der Waals surface area contributed by atoms with Crippen LogP contribution in [0.2, 0.25) is 5.02 Å². The van der Waals surface area contributed by atoms with Gasteiger partial charge in [-0.15, -0.1) is 0 Å². The molecule has 52 heavy (non-hydrogen) atoms. The molecule has 278 valence electrons. The van der Waals surface area contributed by atoms with Crippen LogP contribution in [0.1, 0.15) is 67.4 Å². The Bertz CT molecular complexity index is 1850. The largest absolute Gasteiger partial charge is 0.465 e. The summed E-state index contributed by atoms with van der Waals surface area (Å²) in [4.78, 5) is 55.5. The summed E-state index contributed by atoms with van der Waals surface area (Å²) >= 11 is 6.01. The normalized spacial score (nSPS) is 21.0. The van der Waals surface area contributed by atoms with Crippen LogP contribution in [0.4, 0.5) is 0 Å². The molecular formula is C38H45ClN4O8S. The molecule has 4 N–H and O–H groups in total. The van der Waals surface area contributed by atoms with Crippen LogP contribution in [0.15, 0.2) is 83.8 Å². The number of benzene rings is 3. The van der Waals surface area contributed by atoms with Gasteiger partial charge in [-0.05, 0) is 87.6 Å². The summed E-state index contributed by atoms with van der Waals surface area (Å²) in [6.45, 7) is 3.66. The highest BCUT2D eigenvalue weighted by molar-refractivity contribution is 7.89. The molecule has 1 aliphatic heterocycles. The first-order valence-electron chi connectivity index (χ1n) is 17.5. The first-order chi connectivity index (χ1) is 24.8. The van der Waals surface area contributed by atoms with Crippen molar-refractivity contribution in [2.24, 2.45) is 11.1 Å². The lowest BCUT2D eigenvalue weighted by atomic mass is 9.81. The highest BCUT2D eigenvalue weighted by Crippen LogP contribution is 2.41. The van der Waals surface area contributed by atoms with E-state index in [0.29, 0.717) is 38.5 Å². The number of hydrogen-bond donors (Lipinski definition) is 3. The highest BCUT2D eigenvalue weighted by Gasteiger charge is 2.50. The first kappa shape index (κ1) is 38.9. The molecule has 1 aliphatic carbocycles. The van der Waals surface area contributed by atoms with Gasteiger partial charge in [-0.1, -0.05) is 72.3 Å². The zero-order valence-corrected chi connectivity index (χ0v) is 30.8. The fourth-order valence-electron chi connectivity index (χ4n) is 7.18. The maximum absolute atomic E-state index is 14.3. The van der Waals surface area contributed by atoms with Gasteiger partial charge >= 0.3 is 11.9 Å². The average Bonchev–Trinajstić information content (AvgIpc) is 3.51. The molecule has 2 aliphatic rings. The second-order valence-corrected chi connectivity index (χ2v) is 15.2. The van der Waals surface area contributed by atoms with Crippen LogP contribution in [0.5, 0.6) is 0 Å². The molecule has 6 atom stereocenters. The monoisotopic (exact) mass is 752 g/mol. The zero-order valence-electron chi connectivity index (χ0n) is 29.2. The Labute approximate surface area is 309 Å².